The summed E-state index contributed by atoms with van der Waals surface area (Å²) in [4.78, 5) is 36.8. The Hall–Kier alpha value is -2.83. The highest BCUT2D eigenvalue weighted by Crippen LogP contribution is 2.22. The van der Waals surface area contributed by atoms with Crippen LogP contribution < -0.4 is 0 Å². The number of carboxylic acid groups (broad SMARTS) is 1. The number of pyridine rings is 1. The molecule has 7 heteroatoms. The van der Waals surface area contributed by atoms with Gasteiger partial charge >= 0.3 is 5.97 Å². The van der Waals surface area contributed by atoms with E-state index >= 15 is 0 Å². The van der Waals surface area contributed by atoms with Gasteiger partial charge < -0.3 is 10.0 Å². The Morgan fingerprint density at radius 3 is 2.83 bits per heavy atom. The molecule has 0 aliphatic carbocycles. The van der Waals surface area contributed by atoms with Crippen molar-refractivity contribution >= 4 is 11.9 Å². The topological polar surface area (TPSA) is 96.3 Å². The van der Waals surface area contributed by atoms with Gasteiger partial charge in [0.05, 0.1) is 11.3 Å². The van der Waals surface area contributed by atoms with Gasteiger partial charge in [0.15, 0.2) is 0 Å². The summed E-state index contributed by atoms with van der Waals surface area (Å²) < 4.78 is 0. The van der Waals surface area contributed by atoms with Crippen molar-refractivity contribution in [3.8, 4) is 11.3 Å². The lowest BCUT2D eigenvalue weighted by atomic mass is 10.0. The van der Waals surface area contributed by atoms with Crippen LogP contribution in [0.5, 0.6) is 0 Å². The van der Waals surface area contributed by atoms with Gasteiger partial charge in [0, 0.05) is 43.7 Å². The molecule has 1 aliphatic heterocycles. The molecule has 1 saturated heterocycles. The molecule has 24 heavy (non-hydrogen) atoms. The number of carbonyl (C=O) groups is 2. The highest BCUT2D eigenvalue weighted by molar-refractivity contribution is 5.88. The molecular formula is C17H18N4O3. The van der Waals surface area contributed by atoms with Crippen LogP contribution >= 0.6 is 0 Å². The molecular weight excluding hydrogens is 308 g/mol. The van der Waals surface area contributed by atoms with Gasteiger partial charge in [0.2, 0.25) is 5.91 Å². The van der Waals surface area contributed by atoms with Gasteiger partial charge in [-0.15, -0.1) is 0 Å². The third-order valence-electron chi connectivity index (χ3n) is 4.23. The zero-order chi connectivity index (χ0) is 17.1. The fraction of sp³-hybridized carbons (Fsp3) is 0.353. The second-order valence-corrected chi connectivity index (χ2v) is 5.99. The molecule has 3 rings (SSSR count). The van der Waals surface area contributed by atoms with Crippen molar-refractivity contribution in [2.24, 2.45) is 5.92 Å². The van der Waals surface area contributed by atoms with Crippen LogP contribution in [0, 0.1) is 5.92 Å². The van der Waals surface area contributed by atoms with Crippen molar-refractivity contribution in [3.05, 3.63) is 42.1 Å². The molecule has 2 aromatic rings. The Labute approximate surface area is 139 Å². The number of hydrogen-bond acceptors (Lipinski definition) is 5. The smallest absolute Gasteiger partial charge is 0.337 e. The molecule has 1 atom stereocenters. The Bertz CT molecular complexity index is 778. The van der Waals surface area contributed by atoms with Gasteiger partial charge in [-0.05, 0) is 30.9 Å². The molecule has 0 bridgehead atoms. The first-order valence-electron chi connectivity index (χ1n) is 7.78. The van der Waals surface area contributed by atoms with Crippen molar-refractivity contribution in [2.75, 3.05) is 13.1 Å². The molecule has 124 valence electrons. The molecule has 1 fully saturated rings. The first-order valence-corrected chi connectivity index (χ1v) is 7.78. The maximum Gasteiger partial charge on any atom is 0.337 e. The number of aromatic nitrogens is 3. The molecule has 1 N–H and O–H groups in total. The highest BCUT2D eigenvalue weighted by Gasteiger charge is 2.24. The summed E-state index contributed by atoms with van der Waals surface area (Å²) in [5.74, 6) is -0.522. The normalized spacial score (nSPS) is 17.0. The average molecular weight is 326 g/mol. The van der Waals surface area contributed by atoms with Gasteiger partial charge in [-0.3, -0.25) is 9.78 Å². The number of aromatic carboxylic acids is 1. The number of carboxylic acids is 1. The lowest BCUT2D eigenvalue weighted by molar-refractivity contribution is -0.127. The Morgan fingerprint density at radius 2 is 2.12 bits per heavy atom. The number of likely N-dealkylation sites (tertiary alicyclic amines) is 1. The summed E-state index contributed by atoms with van der Waals surface area (Å²) in [6.07, 6.45) is 6.12. The van der Waals surface area contributed by atoms with Crippen LogP contribution in [0.2, 0.25) is 0 Å². The first-order chi connectivity index (χ1) is 11.5. The van der Waals surface area contributed by atoms with E-state index in [2.05, 4.69) is 15.0 Å². The first kappa shape index (κ1) is 16.0. The molecule has 7 nitrogen and oxygen atoms in total. The third kappa shape index (κ3) is 3.56. The van der Waals surface area contributed by atoms with Gasteiger partial charge in [-0.25, -0.2) is 14.8 Å². The van der Waals surface area contributed by atoms with Crippen LogP contribution in [-0.4, -0.2) is 49.9 Å². The van der Waals surface area contributed by atoms with E-state index in [0.29, 0.717) is 17.2 Å². The molecule has 0 saturated carbocycles. The molecule has 0 spiro atoms. The summed E-state index contributed by atoms with van der Waals surface area (Å²) >= 11 is 0. The van der Waals surface area contributed by atoms with E-state index in [1.807, 2.05) is 11.0 Å². The zero-order valence-electron chi connectivity index (χ0n) is 13.3. The van der Waals surface area contributed by atoms with Gasteiger partial charge in [-0.2, -0.15) is 0 Å². The predicted octanol–water partition coefficient (Wildman–Crippen LogP) is 1.65. The van der Waals surface area contributed by atoms with Crippen LogP contribution in [0.15, 0.2) is 30.9 Å². The molecule has 1 amide bonds. The summed E-state index contributed by atoms with van der Waals surface area (Å²) in [5.41, 5.74) is 2.31. The minimum absolute atomic E-state index is 0.109. The van der Waals surface area contributed by atoms with E-state index in [9.17, 15) is 9.59 Å². The summed E-state index contributed by atoms with van der Waals surface area (Å²) in [7, 11) is 0. The number of amides is 1. The van der Waals surface area contributed by atoms with E-state index in [0.717, 1.165) is 31.6 Å². The minimum atomic E-state index is -1.02. The standard InChI is InChI=1S/C17H18N4O3/c1-11(22)21-3-2-12(9-21)4-15-6-16(20-10-19-15)13-5-14(17(23)24)8-18-7-13/h5-8,10,12H,2-4,9H2,1H3,(H,23,24). The second-order valence-electron chi connectivity index (χ2n) is 5.99. The molecule has 0 aromatic carbocycles. The lowest BCUT2D eigenvalue weighted by Gasteiger charge is -2.13. The Balaban J connectivity index is 1.76. The Kier molecular flexibility index (Phi) is 4.50. The maximum absolute atomic E-state index is 11.4. The zero-order valence-corrected chi connectivity index (χ0v) is 13.3. The van der Waals surface area contributed by atoms with E-state index in [1.54, 1.807) is 19.2 Å². The van der Waals surface area contributed by atoms with Crippen molar-refractivity contribution in [1.82, 2.24) is 19.9 Å². The maximum atomic E-state index is 11.4. The van der Waals surface area contributed by atoms with E-state index in [4.69, 9.17) is 5.11 Å². The van der Waals surface area contributed by atoms with Crippen LogP contribution in [-0.2, 0) is 11.2 Å². The van der Waals surface area contributed by atoms with Gasteiger partial charge in [0.25, 0.3) is 0 Å². The molecule has 0 radical (unpaired) electrons. The fourth-order valence-electron chi connectivity index (χ4n) is 2.95. The number of carbonyl (C=O) groups excluding carboxylic acids is 1. The van der Waals surface area contributed by atoms with Crippen LogP contribution in [0.4, 0.5) is 0 Å². The average Bonchev–Trinajstić information content (AvgIpc) is 3.04. The molecule has 3 heterocycles. The summed E-state index contributed by atoms with van der Waals surface area (Å²) in [5, 5.41) is 9.07. The quantitative estimate of drug-likeness (QED) is 0.917. The van der Waals surface area contributed by atoms with Crippen molar-refractivity contribution in [3.63, 3.8) is 0 Å². The lowest BCUT2D eigenvalue weighted by Crippen LogP contribution is -2.26. The summed E-state index contributed by atoms with van der Waals surface area (Å²) in [6.45, 7) is 3.14. The molecule has 2 aromatic heterocycles. The Morgan fingerprint density at radius 1 is 1.29 bits per heavy atom. The van der Waals surface area contributed by atoms with E-state index < -0.39 is 5.97 Å². The second kappa shape index (κ2) is 6.74. The monoisotopic (exact) mass is 326 g/mol. The SMILES string of the molecule is CC(=O)N1CCC(Cc2cc(-c3cncc(C(=O)O)c3)ncn2)C1. The number of nitrogens with zero attached hydrogens (tertiary/aromatic N) is 4. The number of hydrogen-bond donors (Lipinski definition) is 1. The minimum Gasteiger partial charge on any atom is -0.478 e. The fourth-order valence-corrected chi connectivity index (χ4v) is 2.95. The van der Waals surface area contributed by atoms with E-state index in [1.165, 1.54) is 12.5 Å². The molecule has 1 unspecified atom stereocenters. The highest BCUT2D eigenvalue weighted by atomic mass is 16.4. The van der Waals surface area contributed by atoms with Crippen LogP contribution in [0.3, 0.4) is 0 Å². The van der Waals surface area contributed by atoms with Crippen molar-refractivity contribution < 1.29 is 14.7 Å². The van der Waals surface area contributed by atoms with Crippen molar-refractivity contribution in [1.29, 1.82) is 0 Å². The molecule has 1 aliphatic rings. The van der Waals surface area contributed by atoms with Gasteiger partial charge in [-0.1, -0.05) is 0 Å². The van der Waals surface area contributed by atoms with E-state index in [-0.39, 0.29) is 11.5 Å². The predicted molar refractivity (Wildman–Crippen MR) is 86.3 cm³/mol. The summed E-state index contributed by atoms with van der Waals surface area (Å²) in [6, 6.07) is 3.41. The number of rotatable bonds is 4. The van der Waals surface area contributed by atoms with Gasteiger partial charge in [0.1, 0.15) is 6.33 Å². The van der Waals surface area contributed by atoms with Crippen LogP contribution in [0.1, 0.15) is 29.4 Å². The van der Waals surface area contributed by atoms with Crippen molar-refractivity contribution in [2.45, 2.75) is 19.8 Å². The largest absolute Gasteiger partial charge is 0.478 e. The third-order valence-corrected chi connectivity index (χ3v) is 4.23. The van der Waals surface area contributed by atoms with Crippen LogP contribution in [0.25, 0.3) is 11.3 Å².